The predicted molar refractivity (Wildman–Crippen MR) is 110 cm³/mol. The summed E-state index contributed by atoms with van der Waals surface area (Å²) in [5, 5.41) is 0. The summed E-state index contributed by atoms with van der Waals surface area (Å²) < 4.78 is 38.8. The molecule has 0 spiro atoms. The Labute approximate surface area is 173 Å². The van der Waals surface area contributed by atoms with Crippen LogP contribution in [0.1, 0.15) is 31.4 Å². The first-order valence-electron chi connectivity index (χ1n) is 9.55. The number of aromatic nitrogens is 2. The highest BCUT2D eigenvalue weighted by Crippen LogP contribution is 2.32. The fourth-order valence-electron chi connectivity index (χ4n) is 3.03. The molecule has 30 heavy (non-hydrogen) atoms. The molecule has 0 aliphatic rings. The van der Waals surface area contributed by atoms with Crippen molar-refractivity contribution in [2.45, 2.75) is 33.4 Å². The summed E-state index contributed by atoms with van der Waals surface area (Å²) in [6.07, 6.45) is -2.70. The van der Waals surface area contributed by atoms with Gasteiger partial charge in [-0.15, -0.1) is 0 Å². The van der Waals surface area contributed by atoms with Crippen LogP contribution >= 0.6 is 0 Å². The third-order valence-electron chi connectivity index (χ3n) is 4.44. The number of hydrogen-bond donors (Lipinski definition) is 0. The first-order chi connectivity index (χ1) is 14.1. The Hall–Kier alpha value is -3.22. The van der Waals surface area contributed by atoms with Gasteiger partial charge in [-0.3, -0.25) is 4.79 Å². The SMILES string of the molecule is Cc1cccc(-c2ccnc(N(C(=O)CC(C)C)c3ccc(C(F)(F)F)cc3)n2)c1. The van der Waals surface area contributed by atoms with Crippen molar-refractivity contribution in [3.63, 3.8) is 0 Å². The Kier molecular flexibility index (Phi) is 6.20. The molecule has 0 unspecified atom stereocenters. The van der Waals surface area contributed by atoms with E-state index in [2.05, 4.69) is 9.97 Å². The average Bonchev–Trinajstić information content (AvgIpc) is 2.67. The first-order valence-corrected chi connectivity index (χ1v) is 9.55. The van der Waals surface area contributed by atoms with Gasteiger partial charge in [0.15, 0.2) is 0 Å². The maximum absolute atomic E-state index is 13.0. The van der Waals surface area contributed by atoms with Crippen molar-refractivity contribution in [2.24, 2.45) is 5.92 Å². The molecule has 3 aromatic rings. The second-order valence-corrected chi connectivity index (χ2v) is 7.48. The highest BCUT2D eigenvalue weighted by Gasteiger charge is 2.31. The van der Waals surface area contributed by atoms with E-state index in [1.807, 2.05) is 45.0 Å². The maximum Gasteiger partial charge on any atom is 0.416 e. The van der Waals surface area contributed by atoms with Gasteiger partial charge in [0, 0.05) is 18.2 Å². The van der Waals surface area contributed by atoms with Gasteiger partial charge in [-0.25, -0.2) is 14.9 Å². The van der Waals surface area contributed by atoms with E-state index < -0.39 is 11.7 Å². The molecule has 0 atom stereocenters. The van der Waals surface area contributed by atoms with Crippen LogP contribution in [0.4, 0.5) is 24.8 Å². The average molecular weight is 413 g/mol. The Bertz CT molecular complexity index is 1030. The van der Waals surface area contributed by atoms with Crippen molar-refractivity contribution in [3.05, 3.63) is 71.9 Å². The van der Waals surface area contributed by atoms with Gasteiger partial charge < -0.3 is 0 Å². The fraction of sp³-hybridized carbons (Fsp3) is 0.261. The second kappa shape index (κ2) is 8.65. The number of aryl methyl sites for hydroxylation is 1. The molecule has 0 bridgehead atoms. The van der Waals surface area contributed by atoms with Crippen LogP contribution in [0.25, 0.3) is 11.3 Å². The summed E-state index contributed by atoms with van der Waals surface area (Å²) in [7, 11) is 0. The summed E-state index contributed by atoms with van der Waals surface area (Å²) in [5.41, 5.74) is 2.05. The van der Waals surface area contributed by atoms with Crippen LogP contribution in [0, 0.1) is 12.8 Å². The zero-order chi connectivity index (χ0) is 21.9. The van der Waals surface area contributed by atoms with Crippen LogP contribution in [-0.2, 0) is 11.0 Å². The zero-order valence-electron chi connectivity index (χ0n) is 16.9. The van der Waals surface area contributed by atoms with Gasteiger partial charge in [0.1, 0.15) is 0 Å². The highest BCUT2D eigenvalue weighted by atomic mass is 19.4. The van der Waals surface area contributed by atoms with Gasteiger partial charge in [-0.2, -0.15) is 13.2 Å². The van der Waals surface area contributed by atoms with Gasteiger partial charge in [0.25, 0.3) is 0 Å². The molecule has 0 fully saturated rings. The van der Waals surface area contributed by atoms with E-state index in [-0.39, 0.29) is 29.9 Å². The normalized spacial score (nSPS) is 11.6. The number of nitrogens with zero attached hydrogens (tertiary/aromatic N) is 3. The quantitative estimate of drug-likeness (QED) is 0.502. The third kappa shape index (κ3) is 5.03. The molecular formula is C23H22F3N3O. The number of halogens is 3. The van der Waals surface area contributed by atoms with Crippen LogP contribution in [0.3, 0.4) is 0 Å². The lowest BCUT2D eigenvalue weighted by Crippen LogP contribution is -2.28. The molecule has 4 nitrogen and oxygen atoms in total. The largest absolute Gasteiger partial charge is 0.416 e. The Morgan fingerprint density at radius 1 is 1.07 bits per heavy atom. The van der Waals surface area contributed by atoms with Crippen molar-refractivity contribution in [3.8, 4) is 11.3 Å². The van der Waals surface area contributed by atoms with E-state index in [0.717, 1.165) is 23.3 Å². The minimum Gasteiger partial charge on any atom is -0.274 e. The number of alkyl halides is 3. The van der Waals surface area contributed by atoms with Crippen LogP contribution in [-0.4, -0.2) is 15.9 Å². The molecule has 1 aromatic heterocycles. The van der Waals surface area contributed by atoms with E-state index in [1.54, 1.807) is 12.3 Å². The van der Waals surface area contributed by atoms with Gasteiger partial charge in [-0.1, -0.05) is 37.6 Å². The Morgan fingerprint density at radius 3 is 2.37 bits per heavy atom. The third-order valence-corrected chi connectivity index (χ3v) is 4.44. The molecule has 0 radical (unpaired) electrons. The van der Waals surface area contributed by atoms with Crippen molar-refractivity contribution in [1.82, 2.24) is 9.97 Å². The number of benzene rings is 2. The molecule has 0 aliphatic carbocycles. The maximum atomic E-state index is 13.0. The number of anilines is 2. The van der Waals surface area contributed by atoms with Crippen molar-refractivity contribution >= 4 is 17.5 Å². The van der Waals surface area contributed by atoms with Crippen molar-refractivity contribution in [2.75, 3.05) is 4.90 Å². The summed E-state index contributed by atoms with van der Waals surface area (Å²) in [5.74, 6) is -0.0973. The van der Waals surface area contributed by atoms with Crippen LogP contribution in [0.15, 0.2) is 60.8 Å². The number of hydrogen-bond acceptors (Lipinski definition) is 3. The topological polar surface area (TPSA) is 46.1 Å². The van der Waals surface area contributed by atoms with Gasteiger partial charge >= 0.3 is 6.18 Å². The summed E-state index contributed by atoms with van der Waals surface area (Å²) in [6.45, 7) is 5.76. The fourth-order valence-corrected chi connectivity index (χ4v) is 3.03. The first kappa shape index (κ1) is 21.5. The van der Waals surface area contributed by atoms with Gasteiger partial charge in [-0.05, 0) is 49.2 Å². The number of carbonyl (C=O) groups is 1. The van der Waals surface area contributed by atoms with Crippen LogP contribution in [0.2, 0.25) is 0 Å². The number of carbonyl (C=O) groups excluding carboxylic acids is 1. The van der Waals surface area contributed by atoms with Gasteiger partial charge in [0.05, 0.1) is 16.9 Å². The monoisotopic (exact) mass is 413 g/mol. The molecule has 156 valence electrons. The molecule has 1 heterocycles. The molecule has 0 saturated heterocycles. The van der Waals surface area contributed by atoms with E-state index in [1.165, 1.54) is 17.0 Å². The minimum absolute atomic E-state index is 0.0643. The molecule has 0 aliphatic heterocycles. The smallest absolute Gasteiger partial charge is 0.274 e. The number of rotatable bonds is 5. The minimum atomic E-state index is -4.45. The Balaban J connectivity index is 2.05. The standard InChI is InChI=1S/C23H22F3N3O/c1-15(2)13-21(30)29(19-9-7-18(8-10-19)23(24,25)26)22-27-12-11-20(28-22)17-6-4-5-16(3)14-17/h4-12,14-15H,13H2,1-3H3. The molecule has 0 saturated carbocycles. The molecule has 3 rings (SSSR count). The lowest BCUT2D eigenvalue weighted by molar-refractivity contribution is -0.137. The molecule has 1 amide bonds. The lowest BCUT2D eigenvalue weighted by Gasteiger charge is -2.22. The van der Waals surface area contributed by atoms with Crippen LogP contribution in [0.5, 0.6) is 0 Å². The van der Waals surface area contributed by atoms with Crippen molar-refractivity contribution in [1.29, 1.82) is 0 Å². The predicted octanol–water partition coefficient (Wildman–Crippen LogP) is 6.18. The van der Waals surface area contributed by atoms with Gasteiger partial charge in [0.2, 0.25) is 11.9 Å². The molecular weight excluding hydrogens is 391 g/mol. The molecule has 7 heteroatoms. The van der Waals surface area contributed by atoms with Crippen molar-refractivity contribution < 1.29 is 18.0 Å². The zero-order valence-corrected chi connectivity index (χ0v) is 16.9. The molecule has 0 N–H and O–H groups in total. The van der Waals surface area contributed by atoms with E-state index in [4.69, 9.17) is 0 Å². The van der Waals surface area contributed by atoms with Crippen LogP contribution < -0.4 is 4.90 Å². The summed E-state index contributed by atoms with van der Waals surface area (Å²) in [4.78, 5) is 23.0. The second-order valence-electron chi connectivity index (χ2n) is 7.48. The van der Waals surface area contributed by atoms with E-state index >= 15 is 0 Å². The van der Waals surface area contributed by atoms with E-state index in [0.29, 0.717) is 5.69 Å². The number of amides is 1. The summed E-state index contributed by atoms with van der Waals surface area (Å²) >= 11 is 0. The van der Waals surface area contributed by atoms with E-state index in [9.17, 15) is 18.0 Å². The highest BCUT2D eigenvalue weighted by molar-refractivity contribution is 5.99. The Morgan fingerprint density at radius 2 is 1.77 bits per heavy atom. The molecule has 2 aromatic carbocycles. The summed E-state index contributed by atoms with van der Waals surface area (Å²) in [6, 6.07) is 13.9. The lowest BCUT2D eigenvalue weighted by atomic mass is 10.1.